The molecular weight excluding hydrogens is 328 g/mol. The Balaban J connectivity index is 1.48. The van der Waals surface area contributed by atoms with Gasteiger partial charge in [-0.25, -0.2) is 4.98 Å². The molecule has 0 atom stereocenters. The van der Waals surface area contributed by atoms with Gasteiger partial charge in [0.25, 0.3) is 0 Å². The van der Waals surface area contributed by atoms with Gasteiger partial charge in [-0.1, -0.05) is 17.7 Å². The Morgan fingerprint density at radius 1 is 1.19 bits per heavy atom. The van der Waals surface area contributed by atoms with E-state index in [4.69, 9.17) is 4.42 Å². The third-order valence-corrected chi connectivity index (χ3v) is 4.11. The Morgan fingerprint density at radius 2 is 2.00 bits per heavy atom. The van der Waals surface area contributed by atoms with Gasteiger partial charge < -0.3 is 15.1 Å². The summed E-state index contributed by atoms with van der Waals surface area (Å²) in [5.41, 5.74) is 4.21. The molecule has 0 radical (unpaired) electrons. The number of aliphatic imine (C=N–C) groups is 1. The lowest BCUT2D eigenvalue weighted by Crippen LogP contribution is -2.38. The molecule has 0 saturated carbocycles. The second-order valence-corrected chi connectivity index (χ2v) is 6.06. The molecule has 0 saturated heterocycles. The van der Waals surface area contributed by atoms with Crippen molar-refractivity contribution in [3.63, 3.8) is 0 Å². The van der Waals surface area contributed by atoms with Crippen LogP contribution in [-0.2, 0) is 20.0 Å². The summed E-state index contributed by atoms with van der Waals surface area (Å²) < 4.78 is 7.43. The first-order valence-corrected chi connectivity index (χ1v) is 8.58. The van der Waals surface area contributed by atoms with Crippen LogP contribution in [0.2, 0.25) is 0 Å². The van der Waals surface area contributed by atoms with Gasteiger partial charge in [0.1, 0.15) is 6.26 Å². The van der Waals surface area contributed by atoms with Crippen molar-refractivity contribution >= 4 is 5.96 Å². The van der Waals surface area contributed by atoms with Crippen molar-refractivity contribution in [2.75, 3.05) is 13.6 Å². The SMILES string of the molecule is CN=C(NCCc1coc(-c2ccc(C)cc2)n1)NCc1ccnn1C. The Bertz CT molecular complexity index is 862. The van der Waals surface area contributed by atoms with Crippen molar-refractivity contribution in [3.8, 4) is 11.5 Å². The van der Waals surface area contributed by atoms with Gasteiger partial charge in [0.15, 0.2) is 5.96 Å². The zero-order valence-corrected chi connectivity index (χ0v) is 15.4. The van der Waals surface area contributed by atoms with Crippen LogP contribution in [-0.4, -0.2) is 34.3 Å². The Morgan fingerprint density at radius 3 is 2.69 bits per heavy atom. The van der Waals surface area contributed by atoms with Crippen LogP contribution in [0.15, 0.2) is 52.2 Å². The Labute approximate surface area is 153 Å². The second kappa shape index (κ2) is 8.33. The third kappa shape index (κ3) is 4.50. The first kappa shape index (κ1) is 17.7. The molecule has 26 heavy (non-hydrogen) atoms. The van der Waals surface area contributed by atoms with Crippen LogP contribution >= 0.6 is 0 Å². The molecule has 0 amide bonds. The molecule has 7 heteroatoms. The number of nitrogens with zero attached hydrogens (tertiary/aromatic N) is 4. The van der Waals surface area contributed by atoms with Crippen LogP contribution in [0.1, 0.15) is 17.0 Å². The molecule has 0 unspecified atom stereocenters. The molecule has 3 rings (SSSR count). The maximum absolute atomic E-state index is 5.59. The van der Waals surface area contributed by atoms with E-state index in [-0.39, 0.29) is 0 Å². The fourth-order valence-corrected chi connectivity index (χ4v) is 2.53. The van der Waals surface area contributed by atoms with Crippen molar-refractivity contribution in [1.29, 1.82) is 0 Å². The minimum absolute atomic E-state index is 0.652. The highest BCUT2D eigenvalue weighted by atomic mass is 16.3. The maximum Gasteiger partial charge on any atom is 0.226 e. The molecular formula is C19H24N6O. The van der Waals surface area contributed by atoms with Crippen molar-refractivity contribution in [2.45, 2.75) is 19.9 Å². The van der Waals surface area contributed by atoms with Crippen LogP contribution in [0.3, 0.4) is 0 Å². The smallest absolute Gasteiger partial charge is 0.226 e. The summed E-state index contributed by atoms with van der Waals surface area (Å²) in [4.78, 5) is 8.78. The molecule has 0 aliphatic carbocycles. The minimum atomic E-state index is 0.652. The standard InChI is InChI=1S/C19H24N6O/c1-14-4-6-15(7-5-14)18-24-16(13-26-18)8-10-21-19(20-2)22-12-17-9-11-23-25(17)3/h4-7,9,11,13H,8,10,12H2,1-3H3,(H2,20,21,22). The summed E-state index contributed by atoms with van der Waals surface area (Å²) in [6, 6.07) is 10.1. The van der Waals surface area contributed by atoms with E-state index in [9.17, 15) is 0 Å². The number of hydrogen-bond donors (Lipinski definition) is 2. The summed E-state index contributed by atoms with van der Waals surface area (Å²) in [7, 11) is 3.67. The quantitative estimate of drug-likeness (QED) is 0.526. The normalized spacial score (nSPS) is 11.6. The summed E-state index contributed by atoms with van der Waals surface area (Å²) in [5.74, 6) is 1.40. The molecule has 0 aliphatic rings. The summed E-state index contributed by atoms with van der Waals surface area (Å²) >= 11 is 0. The molecule has 2 N–H and O–H groups in total. The number of benzene rings is 1. The van der Waals surface area contributed by atoms with E-state index in [1.54, 1.807) is 19.5 Å². The average molecular weight is 352 g/mol. The first-order chi connectivity index (χ1) is 12.7. The number of nitrogens with one attached hydrogen (secondary N) is 2. The minimum Gasteiger partial charge on any atom is -0.444 e. The van der Waals surface area contributed by atoms with Gasteiger partial charge in [0, 0.05) is 38.8 Å². The summed E-state index contributed by atoms with van der Waals surface area (Å²) in [6.45, 7) is 3.44. The third-order valence-electron chi connectivity index (χ3n) is 4.11. The van der Waals surface area contributed by atoms with E-state index in [0.717, 1.165) is 29.3 Å². The monoisotopic (exact) mass is 352 g/mol. The average Bonchev–Trinajstić information content (AvgIpc) is 3.28. The topological polar surface area (TPSA) is 80.3 Å². The van der Waals surface area contributed by atoms with Gasteiger partial charge in [-0.3, -0.25) is 9.67 Å². The van der Waals surface area contributed by atoms with Gasteiger partial charge >= 0.3 is 0 Å². The largest absolute Gasteiger partial charge is 0.444 e. The second-order valence-electron chi connectivity index (χ2n) is 6.06. The van der Waals surface area contributed by atoms with Crippen molar-refractivity contribution in [3.05, 3.63) is 59.7 Å². The van der Waals surface area contributed by atoms with Gasteiger partial charge in [-0.15, -0.1) is 0 Å². The van der Waals surface area contributed by atoms with Gasteiger partial charge in [0.05, 0.1) is 17.9 Å². The lowest BCUT2D eigenvalue weighted by atomic mass is 10.1. The lowest BCUT2D eigenvalue weighted by Gasteiger charge is -2.11. The van der Waals surface area contributed by atoms with E-state index < -0.39 is 0 Å². The molecule has 7 nitrogen and oxygen atoms in total. The van der Waals surface area contributed by atoms with Crippen LogP contribution in [0.25, 0.3) is 11.5 Å². The number of guanidine groups is 1. The van der Waals surface area contributed by atoms with E-state index in [1.807, 2.05) is 29.9 Å². The van der Waals surface area contributed by atoms with Gasteiger partial charge in [-0.2, -0.15) is 5.10 Å². The van der Waals surface area contributed by atoms with E-state index in [0.29, 0.717) is 19.0 Å². The molecule has 1 aromatic carbocycles. The predicted octanol–water partition coefficient (Wildman–Crippen LogP) is 2.29. The van der Waals surface area contributed by atoms with E-state index in [2.05, 4.69) is 44.8 Å². The fraction of sp³-hybridized carbons (Fsp3) is 0.316. The van der Waals surface area contributed by atoms with E-state index >= 15 is 0 Å². The maximum atomic E-state index is 5.59. The van der Waals surface area contributed by atoms with Crippen LogP contribution in [0, 0.1) is 6.92 Å². The van der Waals surface area contributed by atoms with Crippen molar-refractivity contribution in [1.82, 2.24) is 25.4 Å². The molecule has 2 heterocycles. The number of aryl methyl sites for hydroxylation is 2. The van der Waals surface area contributed by atoms with Gasteiger partial charge in [-0.05, 0) is 25.1 Å². The first-order valence-electron chi connectivity index (χ1n) is 8.58. The van der Waals surface area contributed by atoms with Crippen LogP contribution in [0.4, 0.5) is 0 Å². The van der Waals surface area contributed by atoms with Crippen molar-refractivity contribution < 1.29 is 4.42 Å². The van der Waals surface area contributed by atoms with Crippen molar-refractivity contribution in [2.24, 2.45) is 12.0 Å². The fourth-order valence-electron chi connectivity index (χ4n) is 2.53. The molecule has 2 aromatic heterocycles. The summed E-state index contributed by atoms with van der Waals surface area (Å²) in [5, 5.41) is 10.7. The van der Waals surface area contributed by atoms with E-state index in [1.165, 1.54) is 5.56 Å². The molecule has 136 valence electrons. The number of aromatic nitrogens is 3. The van der Waals surface area contributed by atoms with Gasteiger partial charge in [0.2, 0.25) is 5.89 Å². The highest BCUT2D eigenvalue weighted by Crippen LogP contribution is 2.19. The number of oxazole rings is 1. The zero-order valence-electron chi connectivity index (χ0n) is 15.4. The van der Waals surface area contributed by atoms with Crippen LogP contribution < -0.4 is 10.6 Å². The molecule has 0 aliphatic heterocycles. The lowest BCUT2D eigenvalue weighted by molar-refractivity contribution is 0.572. The summed E-state index contributed by atoms with van der Waals surface area (Å²) in [6.07, 6.45) is 4.24. The highest BCUT2D eigenvalue weighted by molar-refractivity contribution is 5.79. The molecule has 0 fully saturated rings. The zero-order chi connectivity index (χ0) is 18.4. The predicted molar refractivity (Wildman–Crippen MR) is 102 cm³/mol. The highest BCUT2D eigenvalue weighted by Gasteiger charge is 2.07. The Hall–Kier alpha value is -3.09. The molecule has 0 bridgehead atoms. The molecule has 3 aromatic rings. The number of rotatable bonds is 6. The molecule has 0 spiro atoms. The number of hydrogen-bond acceptors (Lipinski definition) is 4. The van der Waals surface area contributed by atoms with Crippen LogP contribution in [0.5, 0.6) is 0 Å². The Kier molecular flexibility index (Phi) is 5.68.